The molecule has 0 bridgehead atoms. The first-order valence-electron chi connectivity index (χ1n) is 4.34. The molecule has 1 heterocycles. The Bertz CT molecular complexity index is 349. The molecule has 68 valence electrons. The van der Waals surface area contributed by atoms with Gasteiger partial charge in [-0.15, -0.1) is 0 Å². The fraction of sp³-hybridized carbons (Fsp3) is 0.300. The molecule has 1 N–H and O–H groups in total. The number of carbonyl (C=O) groups is 1. The average molecular weight is 179 g/mol. The molecule has 2 rings (SSSR count). The summed E-state index contributed by atoms with van der Waals surface area (Å²) in [6, 6.07) is 4.78. The summed E-state index contributed by atoms with van der Waals surface area (Å²) in [6.07, 6.45) is 1.65. The molecular formula is C10H10FNO. The molecule has 3 heteroatoms. The third-order valence-electron chi connectivity index (χ3n) is 2.24. The summed E-state index contributed by atoms with van der Waals surface area (Å²) in [5.41, 5.74) is 1.04. The van der Waals surface area contributed by atoms with E-state index < -0.39 is 5.82 Å². The lowest BCUT2D eigenvalue weighted by atomic mass is 10.0. The number of hydrogen-bond donors (Lipinski definition) is 1. The molecule has 0 saturated carbocycles. The van der Waals surface area contributed by atoms with E-state index in [0.717, 1.165) is 18.4 Å². The first kappa shape index (κ1) is 8.23. The first-order valence-corrected chi connectivity index (χ1v) is 4.34. The summed E-state index contributed by atoms with van der Waals surface area (Å²) in [7, 11) is 0. The van der Waals surface area contributed by atoms with E-state index in [1.807, 2.05) is 6.07 Å². The molecule has 13 heavy (non-hydrogen) atoms. The molecule has 0 atom stereocenters. The number of fused-ring (bicyclic) bond motifs is 1. The smallest absolute Gasteiger partial charge is 0.254 e. The molecular weight excluding hydrogens is 169 g/mol. The second-order valence-corrected chi connectivity index (χ2v) is 3.13. The van der Waals surface area contributed by atoms with E-state index >= 15 is 0 Å². The zero-order chi connectivity index (χ0) is 9.26. The van der Waals surface area contributed by atoms with Crippen molar-refractivity contribution in [2.75, 3.05) is 6.54 Å². The Morgan fingerprint density at radius 2 is 2.23 bits per heavy atom. The quantitative estimate of drug-likeness (QED) is 0.642. The molecule has 1 aromatic rings. The Balaban J connectivity index is 2.55. The second-order valence-electron chi connectivity index (χ2n) is 3.13. The third kappa shape index (κ3) is 1.41. The number of nitrogens with one attached hydrogen (secondary N) is 1. The van der Waals surface area contributed by atoms with Crippen molar-refractivity contribution in [1.82, 2.24) is 5.32 Å². The molecule has 2 nitrogen and oxygen atoms in total. The molecule has 1 amide bonds. The van der Waals surface area contributed by atoms with Crippen LogP contribution in [0.4, 0.5) is 4.39 Å². The van der Waals surface area contributed by atoms with E-state index in [1.165, 1.54) is 6.07 Å². The van der Waals surface area contributed by atoms with Crippen molar-refractivity contribution in [2.45, 2.75) is 12.8 Å². The van der Waals surface area contributed by atoms with E-state index in [0.29, 0.717) is 6.54 Å². The van der Waals surface area contributed by atoms with Crippen LogP contribution in [0.2, 0.25) is 0 Å². The van der Waals surface area contributed by atoms with Gasteiger partial charge in [-0.2, -0.15) is 0 Å². The van der Waals surface area contributed by atoms with Gasteiger partial charge >= 0.3 is 0 Å². The van der Waals surface area contributed by atoms with Crippen molar-refractivity contribution in [3.05, 3.63) is 35.1 Å². The van der Waals surface area contributed by atoms with E-state index in [9.17, 15) is 9.18 Å². The Labute approximate surface area is 75.8 Å². The number of carbonyl (C=O) groups excluding carboxylic acids is 1. The predicted molar refractivity (Wildman–Crippen MR) is 47.1 cm³/mol. The molecule has 0 radical (unpaired) electrons. The van der Waals surface area contributed by atoms with Gasteiger partial charge in [0.2, 0.25) is 0 Å². The summed E-state index contributed by atoms with van der Waals surface area (Å²) in [4.78, 5) is 11.4. The SMILES string of the molecule is O=C1NCCCc2cccc(F)c21. The Morgan fingerprint density at radius 3 is 3.08 bits per heavy atom. The predicted octanol–water partition coefficient (Wildman–Crippen LogP) is 1.50. The molecule has 1 aliphatic rings. The van der Waals surface area contributed by atoms with Crippen LogP contribution in [0.1, 0.15) is 22.3 Å². The largest absolute Gasteiger partial charge is 0.352 e. The maximum absolute atomic E-state index is 13.2. The minimum absolute atomic E-state index is 0.222. The lowest BCUT2D eigenvalue weighted by Crippen LogP contribution is -2.23. The fourth-order valence-electron chi connectivity index (χ4n) is 1.60. The zero-order valence-electron chi connectivity index (χ0n) is 7.14. The van der Waals surface area contributed by atoms with Gasteiger partial charge in [0.25, 0.3) is 5.91 Å². The van der Waals surface area contributed by atoms with Gasteiger partial charge in [0.05, 0.1) is 5.56 Å². The van der Waals surface area contributed by atoms with Crippen LogP contribution in [-0.2, 0) is 6.42 Å². The van der Waals surface area contributed by atoms with E-state index in [1.54, 1.807) is 6.07 Å². The van der Waals surface area contributed by atoms with Gasteiger partial charge in [-0.25, -0.2) is 4.39 Å². The van der Waals surface area contributed by atoms with Crippen LogP contribution in [0.3, 0.4) is 0 Å². The van der Waals surface area contributed by atoms with Gasteiger partial charge < -0.3 is 5.32 Å². The highest BCUT2D eigenvalue weighted by molar-refractivity contribution is 5.96. The molecule has 1 aromatic carbocycles. The van der Waals surface area contributed by atoms with Crippen LogP contribution in [0.15, 0.2) is 18.2 Å². The van der Waals surface area contributed by atoms with Crippen LogP contribution < -0.4 is 5.32 Å². The van der Waals surface area contributed by atoms with Crippen LogP contribution in [0.25, 0.3) is 0 Å². The molecule has 0 fully saturated rings. The Morgan fingerprint density at radius 1 is 1.38 bits per heavy atom. The van der Waals surface area contributed by atoms with Gasteiger partial charge in [0.1, 0.15) is 5.82 Å². The lowest BCUT2D eigenvalue weighted by molar-refractivity contribution is 0.0952. The maximum atomic E-state index is 13.2. The van der Waals surface area contributed by atoms with Gasteiger partial charge in [-0.05, 0) is 24.5 Å². The minimum atomic E-state index is -0.420. The summed E-state index contributed by atoms with van der Waals surface area (Å²) in [5.74, 6) is -0.706. The summed E-state index contributed by atoms with van der Waals surface area (Å²) < 4.78 is 13.2. The van der Waals surface area contributed by atoms with Gasteiger partial charge in [-0.1, -0.05) is 12.1 Å². The van der Waals surface area contributed by atoms with Crippen molar-refractivity contribution in [2.24, 2.45) is 0 Å². The maximum Gasteiger partial charge on any atom is 0.254 e. The van der Waals surface area contributed by atoms with Crippen molar-refractivity contribution in [3.63, 3.8) is 0 Å². The number of rotatable bonds is 0. The van der Waals surface area contributed by atoms with Crippen LogP contribution in [0.5, 0.6) is 0 Å². The normalized spacial score (nSPS) is 15.9. The van der Waals surface area contributed by atoms with Crippen molar-refractivity contribution in [1.29, 1.82) is 0 Å². The van der Waals surface area contributed by atoms with Crippen LogP contribution in [-0.4, -0.2) is 12.5 Å². The van der Waals surface area contributed by atoms with Gasteiger partial charge in [0, 0.05) is 6.54 Å². The molecule has 1 aliphatic heterocycles. The van der Waals surface area contributed by atoms with E-state index in [-0.39, 0.29) is 11.5 Å². The highest BCUT2D eigenvalue weighted by atomic mass is 19.1. The Kier molecular flexibility index (Phi) is 2.00. The summed E-state index contributed by atoms with van der Waals surface area (Å²) >= 11 is 0. The molecule has 0 spiro atoms. The standard InChI is InChI=1S/C10H10FNO/c11-8-5-1-3-7-4-2-6-12-10(13)9(7)8/h1,3,5H,2,4,6H2,(H,12,13). The Hall–Kier alpha value is -1.38. The number of aryl methyl sites for hydroxylation is 1. The fourth-order valence-corrected chi connectivity index (χ4v) is 1.60. The number of hydrogen-bond acceptors (Lipinski definition) is 1. The van der Waals surface area contributed by atoms with Crippen molar-refractivity contribution in [3.8, 4) is 0 Å². The monoisotopic (exact) mass is 179 g/mol. The van der Waals surface area contributed by atoms with E-state index in [4.69, 9.17) is 0 Å². The summed E-state index contributed by atoms with van der Waals surface area (Å²) in [5, 5.41) is 2.66. The third-order valence-corrected chi connectivity index (χ3v) is 2.24. The second kappa shape index (κ2) is 3.17. The molecule has 0 aliphatic carbocycles. The topological polar surface area (TPSA) is 29.1 Å². The minimum Gasteiger partial charge on any atom is -0.352 e. The lowest BCUT2D eigenvalue weighted by Gasteiger charge is -2.04. The first-order chi connectivity index (χ1) is 6.29. The van der Waals surface area contributed by atoms with Gasteiger partial charge in [0.15, 0.2) is 0 Å². The highest BCUT2D eigenvalue weighted by Crippen LogP contribution is 2.17. The highest BCUT2D eigenvalue weighted by Gasteiger charge is 2.18. The van der Waals surface area contributed by atoms with Gasteiger partial charge in [-0.3, -0.25) is 4.79 Å². The number of benzene rings is 1. The molecule has 0 aromatic heterocycles. The molecule has 0 saturated heterocycles. The van der Waals surface area contributed by atoms with Crippen LogP contribution in [0, 0.1) is 5.82 Å². The average Bonchev–Trinajstić information content (AvgIpc) is 2.29. The number of halogens is 1. The van der Waals surface area contributed by atoms with Crippen molar-refractivity contribution >= 4 is 5.91 Å². The van der Waals surface area contributed by atoms with Crippen molar-refractivity contribution < 1.29 is 9.18 Å². The molecule has 0 unspecified atom stereocenters. The zero-order valence-corrected chi connectivity index (χ0v) is 7.14. The van der Waals surface area contributed by atoms with Crippen LogP contribution >= 0.6 is 0 Å². The van der Waals surface area contributed by atoms with E-state index in [2.05, 4.69) is 5.32 Å². The number of amides is 1. The summed E-state index contributed by atoms with van der Waals surface area (Å²) in [6.45, 7) is 0.632.